The second kappa shape index (κ2) is 3.65. The summed E-state index contributed by atoms with van der Waals surface area (Å²) in [5.74, 6) is 0. The third-order valence-corrected chi connectivity index (χ3v) is 1.13. The van der Waals surface area contributed by atoms with Crippen LogP contribution in [0, 0.1) is 5.41 Å². The van der Waals surface area contributed by atoms with E-state index >= 15 is 0 Å². The minimum atomic E-state index is 0.397. The van der Waals surface area contributed by atoms with E-state index in [0.717, 1.165) is 6.54 Å². The van der Waals surface area contributed by atoms with Gasteiger partial charge in [0.05, 0.1) is 0 Å². The van der Waals surface area contributed by atoms with Crippen LogP contribution < -0.4 is 0 Å². The average molecular weight is 141 g/mol. The molecule has 0 amide bonds. The van der Waals surface area contributed by atoms with Gasteiger partial charge in [-0.25, -0.2) is 0 Å². The number of hydrogen-bond donors (Lipinski definition) is 0. The Kier molecular flexibility index (Phi) is 3.48. The molecule has 0 unspecified atom stereocenters. The Morgan fingerprint density at radius 1 is 1.30 bits per heavy atom. The molecule has 0 aliphatic rings. The zero-order valence-electron chi connectivity index (χ0n) is 7.81. The van der Waals surface area contributed by atoms with E-state index in [1.165, 1.54) is 0 Å². The molecule has 10 heavy (non-hydrogen) atoms. The quantitative estimate of drug-likeness (QED) is 0.571. The maximum atomic E-state index is 2.24. The lowest BCUT2D eigenvalue weighted by atomic mass is 9.96. The van der Waals surface area contributed by atoms with Crippen molar-refractivity contribution in [2.75, 3.05) is 13.6 Å². The maximum Gasteiger partial charge on any atom is 0.0217 e. The van der Waals surface area contributed by atoms with Gasteiger partial charge in [-0.3, -0.25) is 0 Å². The normalized spacial score (nSPS) is 12.5. The third kappa shape index (κ3) is 5.67. The molecule has 0 aliphatic carbocycles. The molecule has 0 aliphatic heterocycles. The molecule has 0 atom stereocenters. The molecule has 0 saturated carbocycles. The van der Waals surface area contributed by atoms with E-state index in [1.54, 1.807) is 0 Å². The fraction of sp³-hybridized carbons (Fsp3) is 0.778. The van der Waals surface area contributed by atoms with Gasteiger partial charge in [0, 0.05) is 13.6 Å². The fourth-order valence-electron chi connectivity index (χ4n) is 1.06. The van der Waals surface area contributed by atoms with Gasteiger partial charge in [0.15, 0.2) is 0 Å². The molecule has 0 fully saturated rings. The fourth-order valence-corrected chi connectivity index (χ4v) is 1.06. The van der Waals surface area contributed by atoms with E-state index in [4.69, 9.17) is 0 Å². The van der Waals surface area contributed by atoms with Crippen molar-refractivity contribution >= 4 is 0 Å². The van der Waals surface area contributed by atoms with Gasteiger partial charge in [-0.05, 0) is 18.5 Å². The lowest BCUT2D eigenvalue weighted by Crippen LogP contribution is -2.24. The van der Waals surface area contributed by atoms with Crippen LogP contribution >= 0.6 is 0 Å². The molecule has 1 heteroatoms. The lowest BCUT2D eigenvalue weighted by molar-refractivity contribution is 0.285. The maximum absolute atomic E-state index is 2.24. The summed E-state index contributed by atoms with van der Waals surface area (Å²) in [5.41, 5.74) is 0.397. The van der Waals surface area contributed by atoms with E-state index in [-0.39, 0.29) is 0 Å². The van der Waals surface area contributed by atoms with Crippen LogP contribution in [0.3, 0.4) is 0 Å². The van der Waals surface area contributed by atoms with Crippen molar-refractivity contribution in [3.05, 3.63) is 12.3 Å². The van der Waals surface area contributed by atoms with Crippen molar-refractivity contribution in [2.45, 2.75) is 27.7 Å². The highest BCUT2D eigenvalue weighted by Crippen LogP contribution is 2.13. The first-order valence-corrected chi connectivity index (χ1v) is 3.79. The van der Waals surface area contributed by atoms with Crippen molar-refractivity contribution < 1.29 is 0 Å². The van der Waals surface area contributed by atoms with Crippen LogP contribution in [0.4, 0.5) is 0 Å². The summed E-state index contributed by atoms with van der Waals surface area (Å²) < 4.78 is 0. The van der Waals surface area contributed by atoms with Crippen LogP contribution in [0.2, 0.25) is 0 Å². The van der Waals surface area contributed by atoms with Crippen LogP contribution in [-0.4, -0.2) is 18.5 Å². The summed E-state index contributed by atoms with van der Waals surface area (Å²) >= 11 is 0. The lowest BCUT2D eigenvalue weighted by Gasteiger charge is -2.25. The Hall–Kier alpha value is -0.460. The summed E-state index contributed by atoms with van der Waals surface area (Å²) in [6, 6.07) is 0. The van der Waals surface area contributed by atoms with Gasteiger partial charge in [-0.15, -0.1) is 0 Å². The van der Waals surface area contributed by atoms with Gasteiger partial charge >= 0.3 is 0 Å². The summed E-state index contributed by atoms with van der Waals surface area (Å²) in [6.07, 6.45) is 4.16. The van der Waals surface area contributed by atoms with E-state index in [0.29, 0.717) is 5.41 Å². The molecule has 0 heterocycles. The standard InChI is InChI=1S/C9H19N/c1-6-7-10(5)8-9(2,3)4/h6-7H,8H2,1-5H3. The molecule has 0 aromatic heterocycles. The Bertz CT molecular complexity index is 108. The minimum Gasteiger partial charge on any atom is -0.380 e. The van der Waals surface area contributed by atoms with Gasteiger partial charge in [0.2, 0.25) is 0 Å². The van der Waals surface area contributed by atoms with Gasteiger partial charge in [0.25, 0.3) is 0 Å². The van der Waals surface area contributed by atoms with Crippen LogP contribution in [0.1, 0.15) is 27.7 Å². The van der Waals surface area contributed by atoms with Gasteiger partial charge in [0.1, 0.15) is 0 Å². The van der Waals surface area contributed by atoms with E-state index in [2.05, 4.69) is 45.0 Å². The first kappa shape index (κ1) is 9.54. The Morgan fingerprint density at radius 2 is 1.80 bits per heavy atom. The molecule has 0 rings (SSSR count). The Morgan fingerprint density at radius 3 is 2.10 bits per heavy atom. The largest absolute Gasteiger partial charge is 0.380 e. The molecule has 1 nitrogen and oxygen atoms in total. The van der Waals surface area contributed by atoms with Gasteiger partial charge in [-0.1, -0.05) is 26.8 Å². The molecular weight excluding hydrogens is 122 g/mol. The van der Waals surface area contributed by atoms with Crippen LogP contribution in [-0.2, 0) is 0 Å². The van der Waals surface area contributed by atoms with Gasteiger partial charge in [-0.2, -0.15) is 0 Å². The zero-order chi connectivity index (χ0) is 8.20. The van der Waals surface area contributed by atoms with Crippen LogP contribution in [0.15, 0.2) is 12.3 Å². The Balaban J connectivity index is 3.68. The highest BCUT2D eigenvalue weighted by atomic mass is 15.1. The number of nitrogens with zero attached hydrogens (tertiary/aromatic N) is 1. The number of rotatable bonds is 2. The second-order valence-corrected chi connectivity index (χ2v) is 3.96. The highest BCUT2D eigenvalue weighted by molar-refractivity contribution is 4.79. The van der Waals surface area contributed by atoms with E-state index in [9.17, 15) is 0 Å². The SMILES string of the molecule is CC=CN(C)CC(C)(C)C. The molecule has 60 valence electrons. The monoisotopic (exact) mass is 141 g/mol. The molecule has 0 spiro atoms. The summed E-state index contributed by atoms with van der Waals surface area (Å²) in [6.45, 7) is 9.88. The molecule has 0 saturated heterocycles. The summed E-state index contributed by atoms with van der Waals surface area (Å²) in [5, 5.41) is 0. The molecule has 0 radical (unpaired) electrons. The summed E-state index contributed by atoms with van der Waals surface area (Å²) in [7, 11) is 2.10. The first-order valence-electron chi connectivity index (χ1n) is 3.79. The molecule has 0 aromatic carbocycles. The number of hydrogen-bond acceptors (Lipinski definition) is 1. The van der Waals surface area contributed by atoms with Crippen molar-refractivity contribution in [3.8, 4) is 0 Å². The predicted octanol–water partition coefficient (Wildman–Crippen LogP) is 2.50. The molecule has 0 aromatic rings. The van der Waals surface area contributed by atoms with Crippen molar-refractivity contribution in [3.63, 3.8) is 0 Å². The van der Waals surface area contributed by atoms with Crippen molar-refractivity contribution in [2.24, 2.45) is 5.41 Å². The number of allylic oxidation sites excluding steroid dienone is 1. The third-order valence-electron chi connectivity index (χ3n) is 1.13. The van der Waals surface area contributed by atoms with E-state index < -0.39 is 0 Å². The smallest absolute Gasteiger partial charge is 0.0217 e. The van der Waals surface area contributed by atoms with Crippen molar-refractivity contribution in [1.82, 2.24) is 4.90 Å². The predicted molar refractivity (Wildman–Crippen MR) is 46.9 cm³/mol. The molecule has 0 bridgehead atoms. The molecule has 0 N–H and O–H groups in total. The molecular formula is C9H19N. The Labute approximate surface area is 64.7 Å². The van der Waals surface area contributed by atoms with E-state index in [1.807, 2.05) is 6.92 Å². The van der Waals surface area contributed by atoms with Crippen LogP contribution in [0.25, 0.3) is 0 Å². The zero-order valence-corrected chi connectivity index (χ0v) is 7.81. The van der Waals surface area contributed by atoms with Gasteiger partial charge < -0.3 is 4.90 Å². The first-order chi connectivity index (χ1) is 4.45. The topological polar surface area (TPSA) is 3.24 Å². The average Bonchev–Trinajstić information content (AvgIpc) is 1.59. The minimum absolute atomic E-state index is 0.397. The highest BCUT2D eigenvalue weighted by Gasteiger charge is 2.10. The second-order valence-electron chi connectivity index (χ2n) is 3.96. The summed E-state index contributed by atoms with van der Waals surface area (Å²) in [4.78, 5) is 2.21. The van der Waals surface area contributed by atoms with Crippen LogP contribution in [0.5, 0.6) is 0 Å². The van der Waals surface area contributed by atoms with Crippen molar-refractivity contribution in [1.29, 1.82) is 0 Å².